The Balaban J connectivity index is 2.61. The monoisotopic (exact) mass is 231 g/mol. The Bertz CT molecular complexity index is 372. The van der Waals surface area contributed by atoms with Gasteiger partial charge in [-0.3, -0.25) is 4.90 Å². The zero-order valence-corrected chi connectivity index (χ0v) is 10.7. The standard InChI is InChI=1S/C15H21NO/c1-3-11-16(4-2)13-15-9-7-14(8-10-15)6-5-12-17/h7-10,17H,3-4,11-13H2,1-2H3. The average molecular weight is 231 g/mol. The molecule has 0 bridgehead atoms. The van der Waals surface area contributed by atoms with Crippen molar-refractivity contribution >= 4 is 0 Å². The zero-order valence-electron chi connectivity index (χ0n) is 10.7. The molecule has 0 saturated carbocycles. The zero-order chi connectivity index (χ0) is 12.5. The van der Waals surface area contributed by atoms with Crippen LogP contribution in [0.1, 0.15) is 31.4 Å². The van der Waals surface area contributed by atoms with E-state index in [1.54, 1.807) is 0 Å². The summed E-state index contributed by atoms with van der Waals surface area (Å²) < 4.78 is 0. The molecule has 2 nitrogen and oxygen atoms in total. The van der Waals surface area contributed by atoms with Crippen molar-refractivity contribution < 1.29 is 5.11 Å². The molecule has 1 aromatic rings. The maximum Gasteiger partial charge on any atom is 0.104 e. The summed E-state index contributed by atoms with van der Waals surface area (Å²) >= 11 is 0. The van der Waals surface area contributed by atoms with E-state index in [2.05, 4.69) is 42.7 Å². The van der Waals surface area contributed by atoms with Crippen molar-refractivity contribution in [2.45, 2.75) is 26.8 Å². The summed E-state index contributed by atoms with van der Waals surface area (Å²) in [5.74, 6) is 5.55. The molecule has 0 unspecified atom stereocenters. The van der Waals surface area contributed by atoms with Crippen LogP contribution < -0.4 is 0 Å². The second-order valence-electron chi connectivity index (χ2n) is 4.03. The number of aliphatic hydroxyl groups is 1. The van der Waals surface area contributed by atoms with E-state index in [1.807, 2.05) is 12.1 Å². The number of aliphatic hydroxyl groups excluding tert-OH is 1. The molecule has 0 amide bonds. The SMILES string of the molecule is CCCN(CC)Cc1ccc(C#CCO)cc1. The Kier molecular flexibility index (Phi) is 6.39. The van der Waals surface area contributed by atoms with E-state index in [4.69, 9.17) is 5.11 Å². The second kappa shape index (κ2) is 7.89. The highest BCUT2D eigenvalue weighted by Crippen LogP contribution is 2.07. The van der Waals surface area contributed by atoms with Crippen molar-refractivity contribution in [3.8, 4) is 11.8 Å². The molecule has 0 aliphatic heterocycles. The van der Waals surface area contributed by atoms with Gasteiger partial charge in [-0.2, -0.15) is 0 Å². The van der Waals surface area contributed by atoms with Gasteiger partial charge in [-0.25, -0.2) is 0 Å². The highest BCUT2D eigenvalue weighted by molar-refractivity contribution is 5.36. The minimum absolute atomic E-state index is 0.0815. The molecule has 0 radical (unpaired) electrons. The van der Waals surface area contributed by atoms with Gasteiger partial charge in [0.2, 0.25) is 0 Å². The molecule has 2 heteroatoms. The van der Waals surface area contributed by atoms with Gasteiger partial charge in [-0.15, -0.1) is 0 Å². The fourth-order valence-electron chi connectivity index (χ4n) is 1.76. The third kappa shape index (κ3) is 5.04. The number of benzene rings is 1. The van der Waals surface area contributed by atoms with Gasteiger partial charge < -0.3 is 5.11 Å². The summed E-state index contributed by atoms with van der Waals surface area (Å²) in [5.41, 5.74) is 2.27. The predicted molar refractivity (Wildman–Crippen MR) is 71.6 cm³/mol. The molecule has 0 heterocycles. The summed E-state index contributed by atoms with van der Waals surface area (Å²) in [6.07, 6.45) is 1.19. The normalized spacial score (nSPS) is 10.1. The van der Waals surface area contributed by atoms with Crippen LogP contribution in [-0.4, -0.2) is 29.7 Å². The van der Waals surface area contributed by atoms with Gasteiger partial charge in [0.25, 0.3) is 0 Å². The molecule has 0 aliphatic rings. The predicted octanol–water partition coefficient (Wildman–Crippen LogP) is 2.26. The molecular formula is C15H21NO. The lowest BCUT2D eigenvalue weighted by molar-refractivity contribution is 0.280. The minimum atomic E-state index is -0.0815. The van der Waals surface area contributed by atoms with Gasteiger partial charge in [0.05, 0.1) is 0 Å². The largest absolute Gasteiger partial charge is 0.384 e. The van der Waals surface area contributed by atoms with E-state index < -0.39 is 0 Å². The Morgan fingerprint density at radius 2 is 1.88 bits per heavy atom. The fourth-order valence-corrected chi connectivity index (χ4v) is 1.76. The van der Waals surface area contributed by atoms with Gasteiger partial charge >= 0.3 is 0 Å². The Labute approximate surface area is 104 Å². The topological polar surface area (TPSA) is 23.5 Å². The summed E-state index contributed by atoms with van der Waals surface area (Å²) in [6.45, 7) is 7.54. The minimum Gasteiger partial charge on any atom is -0.384 e. The molecule has 0 aliphatic carbocycles. The summed E-state index contributed by atoms with van der Waals surface area (Å²) in [4.78, 5) is 2.43. The first-order chi connectivity index (χ1) is 8.30. The second-order valence-corrected chi connectivity index (χ2v) is 4.03. The van der Waals surface area contributed by atoms with Gasteiger partial charge in [0, 0.05) is 12.1 Å². The van der Waals surface area contributed by atoms with Crippen molar-refractivity contribution in [3.05, 3.63) is 35.4 Å². The number of hydrogen-bond donors (Lipinski definition) is 1. The molecule has 0 saturated heterocycles. The van der Waals surface area contributed by atoms with E-state index in [-0.39, 0.29) is 6.61 Å². The van der Waals surface area contributed by atoms with Gasteiger partial charge in [0.1, 0.15) is 6.61 Å². The van der Waals surface area contributed by atoms with Gasteiger partial charge in [-0.1, -0.05) is 37.8 Å². The van der Waals surface area contributed by atoms with E-state index in [0.717, 1.165) is 25.2 Å². The van der Waals surface area contributed by atoms with Crippen LogP contribution in [0.25, 0.3) is 0 Å². The molecule has 0 atom stereocenters. The lowest BCUT2D eigenvalue weighted by atomic mass is 10.1. The number of rotatable bonds is 5. The molecule has 0 aromatic heterocycles. The molecule has 1 rings (SSSR count). The van der Waals surface area contributed by atoms with Crippen molar-refractivity contribution in [1.29, 1.82) is 0 Å². The van der Waals surface area contributed by atoms with Crippen molar-refractivity contribution in [3.63, 3.8) is 0 Å². The Morgan fingerprint density at radius 1 is 1.18 bits per heavy atom. The molecule has 1 N–H and O–H groups in total. The lowest BCUT2D eigenvalue weighted by Crippen LogP contribution is -2.23. The lowest BCUT2D eigenvalue weighted by Gasteiger charge is -2.19. The van der Waals surface area contributed by atoms with Gasteiger partial charge in [-0.05, 0) is 37.2 Å². The first-order valence-corrected chi connectivity index (χ1v) is 6.21. The summed E-state index contributed by atoms with van der Waals surface area (Å²) in [5, 5.41) is 8.61. The maximum atomic E-state index is 8.61. The smallest absolute Gasteiger partial charge is 0.104 e. The Morgan fingerprint density at radius 3 is 2.41 bits per heavy atom. The highest BCUT2D eigenvalue weighted by Gasteiger charge is 2.01. The Hall–Kier alpha value is -1.30. The van der Waals surface area contributed by atoms with Crippen molar-refractivity contribution in [2.75, 3.05) is 19.7 Å². The van der Waals surface area contributed by atoms with Gasteiger partial charge in [0.15, 0.2) is 0 Å². The third-order valence-electron chi connectivity index (χ3n) is 2.66. The van der Waals surface area contributed by atoms with Crippen LogP contribution in [0, 0.1) is 11.8 Å². The highest BCUT2D eigenvalue weighted by atomic mass is 16.2. The summed E-state index contributed by atoms with van der Waals surface area (Å²) in [6, 6.07) is 8.25. The van der Waals surface area contributed by atoms with Crippen LogP contribution in [0.3, 0.4) is 0 Å². The molecular weight excluding hydrogens is 210 g/mol. The molecule has 17 heavy (non-hydrogen) atoms. The maximum absolute atomic E-state index is 8.61. The van der Waals surface area contributed by atoms with Crippen LogP contribution >= 0.6 is 0 Å². The molecule has 1 aromatic carbocycles. The number of nitrogens with zero attached hydrogens (tertiary/aromatic N) is 1. The van der Waals surface area contributed by atoms with E-state index in [1.165, 1.54) is 12.0 Å². The van der Waals surface area contributed by atoms with Crippen LogP contribution in [-0.2, 0) is 6.54 Å². The van der Waals surface area contributed by atoms with Crippen molar-refractivity contribution in [1.82, 2.24) is 4.90 Å². The van der Waals surface area contributed by atoms with Crippen LogP contribution in [0.4, 0.5) is 0 Å². The van der Waals surface area contributed by atoms with E-state index in [0.29, 0.717) is 0 Å². The quantitative estimate of drug-likeness (QED) is 0.786. The van der Waals surface area contributed by atoms with Crippen molar-refractivity contribution in [2.24, 2.45) is 0 Å². The molecule has 0 fully saturated rings. The van der Waals surface area contributed by atoms with E-state index in [9.17, 15) is 0 Å². The fraction of sp³-hybridized carbons (Fsp3) is 0.467. The molecule has 0 spiro atoms. The van der Waals surface area contributed by atoms with E-state index >= 15 is 0 Å². The van der Waals surface area contributed by atoms with Crippen LogP contribution in [0.2, 0.25) is 0 Å². The average Bonchev–Trinajstić information content (AvgIpc) is 2.37. The summed E-state index contributed by atoms with van der Waals surface area (Å²) in [7, 11) is 0. The third-order valence-corrected chi connectivity index (χ3v) is 2.66. The molecule has 92 valence electrons. The number of hydrogen-bond acceptors (Lipinski definition) is 2. The first-order valence-electron chi connectivity index (χ1n) is 6.21. The van der Waals surface area contributed by atoms with Crippen LogP contribution in [0.5, 0.6) is 0 Å². The van der Waals surface area contributed by atoms with Crippen LogP contribution in [0.15, 0.2) is 24.3 Å². The first kappa shape index (κ1) is 13.8.